The van der Waals surface area contributed by atoms with Crippen molar-refractivity contribution < 1.29 is 24.0 Å². The molecule has 1 aliphatic heterocycles. The number of hydrogen-bond donors (Lipinski definition) is 1. The van der Waals surface area contributed by atoms with Crippen molar-refractivity contribution in [2.24, 2.45) is 0 Å². The van der Waals surface area contributed by atoms with E-state index < -0.39 is 4.92 Å². The van der Waals surface area contributed by atoms with Crippen molar-refractivity contribution in [1.29, 1.82) is 0 Å². The predicted octanol–water partition coefficient (Wildman–Crippen LogP) is 6.54. The Kier molecular flexibility index (Phi) is 9.18. The molecule has 0 unspecified atom stereocenters. The quantitative estimate of drug-likeness (QED) is 0.125. The lowest BCUT2D eigenvalue weighted by atomic mass is 10.0. The maximum Gasteiger partial charge on any atom is 0.270 e. The van der Waals surface area contributed by atoms with Gasteiger partial charge in [0.05, 0.1) is 22.1 Å². The monoisotopic (exact) mass is 577 g/mol. The Morgan fingerprint density at radius 3 is 2.50 bits per heavy atom. The Labute approximate surface area is 241 Å². The molecular formula is C29H27N3O6S2. The molecule has 1 N–H and O–H groups in total. The third-order valence-corrected chi connectivity index (χ3v) is 7.20. The molecule has 0 atom stereocenters. The summed E-state index contributed by atoms with van der Waals surface area (Å²) in [7, 11) is 0. The predicted molar refractivity (Wildman–Crippen MR) is 161 cm³/mol. The summed E-state index contributed by atoms with van der Waals surface area (Å²) in [5.41, 5.74) is 2.83. The van der Waals surface area contributed by atoms with E-state index in [1.54, 1.807) is 24.3 Å². The number of nitrogens with zero attached hydrogens (tertiary/aromatic N) is 2. The highest BCUT2D eigenvalue weighted by atomic mass is 32.2. The Bertz CT molecular complexity index is 1490. The maximum absolute atomic E-state index is 13.1. The number of para-hydroxylation sites is 1. The van der Waals surface area contributed by atoms with Crippen LogP contribution in [0.5, 0.6) is 11.5 Å². The standard InChI is InChI=1S/C29H27N3O6S2/c1-4-37-25-15-19(9-14-24(25)38-17-27(33)30-23-8-6-5-7-22(23)18(2)3)16-26-28(34)31(29(39)40-26)20-10-12-21(13-11-20)32(35)36/h5-16,18H,4,17H2,1-3H3,(H,30,33)/b26-16-. The van der Waals surface area contributed by atoms with E-state index in [9.17, 15) is 19.7 Å². The minimum absolute atomic E-state index is 0.0756. The second-order valence-electron chi connectivity index (χ2n) is 9.01. The molecule has 0 bridgehead atoms. The van der Waals surface area contributed by atoms with Gasteiger partial charge in [-0.2, -0.15) is 0 Å². The molecule has 1 saturated heterocycles. The van der Waals surface area contributed by atoms with E-state index in [0.717, 1.165) is 23.0 Å². The van der Waals surface area contributed by atoms with Gasteiger partial charge in [-0.3, -0.25) is 24.6 Å². The van der Waals surface area contributed by atoms with Crippen LogP contribution < -0.4 is 19.7 Å². The topological polar surface area (TPSA) is 111 Å². The van der Waals surface area contributed by atoms with Crippen LogP contribution in [0.4, 0.5) is 17.1 Å². The number of benzene rings is 3. The summed E-state index contributed by atoms with van der Waals surface area (Å²) < 4.78 is 11.8. The number of amides is 2. The van der Waals surface area contributed by atoms with Crippen LogP contribution in [-0.2, 0) is 9.59 Å². The van der Waals surface area contributed by atoms with Crippen molar-refractivity contribution in [3.63, 3.8) is 0 Å². The molecular weight excluding hydrogens is 550 g/mol. The van der Waals surface area contributed by atoms with E-state index in [1.165, 1.54) is 29.2 Å². The fourth-order valence-corrected chi connectivity index (χ4v) is 5.31. The number of hydrogen-bond acceptors (Lipinski definition) is 8. The maximum atomic E-state index is 13.1. The molecule has 3 aromatic carbocycles. The summed E-state index contributed by atoms with van der Waals surface area (Å²) in [6, 6.07) is 18.4. The Hall–Kier alpha value is -4.22. The number of nitro benzene ring substituents is 1. The summed E-state index contributed by atoms with van der Waals surface area (Å²) in [5.74, 6) is 0.446. The number of ether oxygens (including phenoxy) is 2. The lowest BCUT2D eigenvalue weighted by Gasteiger charge is -2.15. The van der Waals surface area contributed by atoms with E-state index in [2.05, 4.69) is 19.2 Å². The molecule has 1 aliphatic rings. The molecule has 2 amide bonds. The SMILES string of the molecule is CCOc1cc(/C=C2\SC(=S)N(c3ccc([N+](=O)[O-])cc3)C2=O)ccc1OCC(=O)Nc1ccccc1C(C)C. The zero-order valence-corrected chi connectivity index (χ0v) is 23.7. The lowest BCUT2D eigenvalue weighted by Crippen LogP contribution is -2.27. The number of thioether (sulfide) groups is 1. The molecule has 1 fully saturated rings. The Balaban J connectivity index is 1.47. The highest BCUT2D eigenvalue weighted by molar-refractivity contribution is 8.27. The van der Waals surface area contributed by atoms with Crippen LogP contribution >= 0.6 is 24.0 Å². The first kappa shape index (κ1) is 28.8. The summed E-state index contributed by atoms with van der Waals surface area (Å²) in [6.45, 7) is 6.12. The molecule has 0 saturated carbocycles. The summed E-state index contributed by atoms with van der Waals surface area (Å²) >= 11 is 6.54. The van der Waals surface area contributed by atoms with Crippen molar-refractivity contribution in [3.8, 4) is 11.5 Å². The summed E-state index contributed by atoms with van der Waals surface area (Å²) in [4.78, 5) is 37.9. The summed E-state index contributed by atoms with van der Waals surface area (Å²) in [5, 5.41) is 13.8. The average molecular weight is 578 g/mol. The van der Waals surface area contributed by atoms with Gasteiger partial charge in [0.15, 0.2) is 22.4 Å². The minimum atomic E-state index is -0.504. The van der Waals surface area contributed by atoms with Gasteiger partial charge in [0, 0.05) is 17.8 Å². The lowest BCUT2D eigenvalue weighted by molar-refractivity contribution is -0.384. The first-order valence-corrected chi connectivity index (χ1v) is 13.7. The number of nitro groups is 1. The Morgan fingerprint density at radius 2 is 1.82 bits per heavy atom. The minimum Gasteiger partial charge on any atom is -0.490 e. The van der Waals surface area contributed by atoms with Gasteiger partial charge >= 0.3 is 0 Å². The molecule has 0 aromatic heterocycles. The number of rotatable bonds is 10. The van der Waals surface area contributed by atoms with Gasteiger partial charge in [0.25, 0.3) is 17.5 Å². The van der Waals surface area contributed by atoms with Crippen LogP contribution in [0.2, 0.25) is 0 Å². The van der Waals surface area contributed by atoms with Crippen molar-refractivity contribution in [1.82, 2.24) is 0 Å². The fourth-order valence-electron chi connectivity index (χ4n) is 4.01. The van der Waals surface area contributed by atoms with E-state index >= 15 is 0 Å². The number of nitrogens with one attached hydrogen (secondary N) is 1. The number of thiocarbonyl (C=S) groups is 1. The van der Waals surface area contributed by atoms with Gasteiger partial charge in [-0.15, -0.1) is 0 Å². The van der Waals surface area contributed by atoms with Crippen LogP contribution in [0.15, 0.2) is 71.6 Å². The normalized spacial score (nSPS) is 14.1. The first-order chi connectivity index (χ1) is 19.2. The molecule has 0 aliphatic carbocycles. The van der Waals surface area contributed by atoms with E-state index in [0.29, 0.717) is 38.6 Å². The second kappa shape index (κ2) is 12.8. The molecule has 3 aromatic rings. The third kappa shape index (κ3) is 6.67. The molecule has 206 valence electrons. The second-order valence-corrected chi connectivity index (χ2v) is 10.7. The fraction of sp³-hybridized carbons (Fsp3) is 0.207. The zero-order valence-electron chi connectivity index (χ0n) is 22.1. The first-order valence-electron chi connectivity index (χ1n) is 12.5. The zero-order chi connectivity index (χ0) is 28.8. The van der Waals surface area contributed by atoms with Gasteiger partial charge in [-0.1, -0.05) is 62.1 Å². The van der Waals surface area contributed by atoms with Crippen LogP contribution in [0.1, 0.15) is 37.8 Å². The summed E-state index contributed by atoms with van der Waals surface area (Å²) in [6.07, 6.45) is 1.69. The van der Waals surface area contributed by atoms with Gasteiger partial charge in [0.1, 0.15) is 0 Å². The average Bonchev–Trinajstić information content (AvgIpc) is 3.20. The number of carbonyl (C=O) groups excluding carboxylic acids is 2. The van der Waals surface area contributed by atoms with Gasteiger partial charge in [-0.05, 0) is 60.4 Å². The third-order valence-electron chi connectivity index (χ3n) is 5.89. The Morgan fingerprint density at radius 1 is 1.10 bits per heavy atom. The highest BCUT2D eigenvalue weighted by Gasteiger charge is 2.33. The van der Waals surface area contributed by atoms with Crippen LogP contribution in [0.25, 0.3) is 6.08 Å². The van der Waals surface area contributed by atoms with Crippen molar-refractivity contribution >= 4 is 63.3 Å². The molecule has 0 spiro atoms. The van der Waals surface area contributed by atoms with E-state index in [4.69, 9.17) is 21.7 Å². The highest BCUT2D eigenvalue weighted by Crippen LogP contribution is 2.38. The number of non-ortho nitro benzene ring substituents is 1. The van der Waals surface area contributed by atoms with Crippen molar-refractivity contribution in [3.05, 3.63) is 92.9 Å². The van der Waals surface area contributed by atoms with Crippen LogP contribution in [0.3, 0.4) is 0 Å². The molecule has 4 rings (SSSR count). The van der Waals surface area contributed by atoms with E-state index in [1.807, 2.05) is 31.2 Å². The van der Waals surface area contributed by atoms with Crippen LogP contribution in [0, 0.1) is 10.1 Å². The van der Waals surface area contributed by atoms with Crippen molar-refractivity contribution in [2.45, 2.75) is 26.7 Å². The van der Waals surface area contributed by atoms with Gasteiger partial charge < -0.3 is 14.8 Å². The number of carbonyl (C=O) groups is 2. The van der Waals surface area contributed by atoms with Gasteiger partial charge in [-0.25, -0.2) is 0 Å². The molecule has 11 heteroatoms. The smallest absolute Gasteiger partial charge is 0.270 e. The number of anilines is 2. The molecule has 40 heavy (non-hydrogen) atoms. The largest absolute Gasteiger partial charge is 0.490 e. The molecule has 1 heterocycles. The van der Waals surface area contributed by atoms with Crippen molar-refractivity contribution in [2.75, 3.05) is 23.4 Å². The van der Waals surface area contributed by atoms with E-state index in [-0.39, 0.29) is 30.0 Å². The van der Waals surface area contributed by atoms with Gasteiger partial charge in [0.2, 0.25) is 0 Å². The molecule has 0 radical (unpaired) electrons. The molecule has 9 nitrogen and oxygen atoms in total. The van der Waals surface area contributed by atoms with Crippen LogP contribution in [-0.4, -0.2) is 34.3 Å².